The zero-order chi connectivity index (χ0) is 12.8. The topological polar surface area (TPSA) is 42.1 Å². The van der Waals surface area contributed by atoms with Gasteiger partial charge in [0.2, 0.25) is 0 Å². The lowest BCUT2D eigenvalue weighted by molar-refractivity contribution is 0.755. The summed E-state index contributed by atoms with van der Waals surface area (Å²) in [4.78, 5) is 6.66. The fourth-order valence-corrected chi connectivity index (χ4v) is 1.96. The van der Waals surface area contributed by atoms with Crippen LogP contribution in [0.25, 0.3) is 0 Å². The molecule has 3 heteroatoms. The van der Waals surface area contributed by atoms with Crippen molar-refractivity contribution < 1.29 is 0 Å². The van der Waals surface area contributed by atoms with Crippen LogP contribution in [0.15, 0.2) is 48.7 Å². The summed E-state index contributed by atoms with van der Waals surface area (Å²) in [6.45, 7) is 4.01. The van der Waals surface area contributed by atoms with Crippen molar-refractivity contribution in [2.45, 2.75) is 19.9 Å². The number of anilines is 2. The van der Waals surface area contributed by atoms with E-state index < -0.39 is 0 Å². The Bertz CT molecular complexity index is 482. The first kappa shape index (κ1) is 12.4. The third kappa shape index (κ3) is 3.23. The number of rotatable bonds is 5. The lowest BCUT2D eigenvalue weighted by atomic mass is 10.2. The van der Waals surface area contributed by atoms with Crippen LogP contribution in [-0.2, 0) is 6.54 Å². The largest absolute Gasteiger partial charge is 0.399 e. The van der Waals surface area contributed by atoms with Crippen LogP contribution < -0.4 is 10.6 Å². The molecule has 0 spiro atoms. The van der Waals surface area contributed by atoms with Crippen LogP contribution in [0.4, 0.5) is 11.5 Å². The van der Waals surface area contributed by atoms with Gasteiger partial charge in [0.05, 0.1) is 0 Å². The van der Waals surface area contributed by atoms with Crippen molar-refractivity contribution in [2.75, 3.05) is 17.2 Å². The van der Waals surface area contributed by atoms with E-state index in [4.69, 9.17) is 5.73 Å². The molecule has 94 valence electrons. The summed E-state index contributed by atoms with van der Waals surface area (Å²) in [6.07, 6.45) is 2.85. The van der Waals surface area contributed by atoms with Gasteiger partial charge in [-0.05, 0) is 18.1 Å². The SMILES string of the molecule is CCCN(Cc1ccccc1)c1cc(N)ccn1. The van der Waals surface area contributed by atoms with Crippen molar-refractivity contribution >= 4 is 11.5 Å². The zero-order valence-corrected chi connectivity index (χ0v) is 10.7. The Kier molecular flexibility index (Phi) is 4.18. The predicted octanol–water partition coefficient (Wildman–Crippen LogP) is 3.08. The summed E-state index contributed by atoms with van der Waals surface area (Å²) in [7, 11) is 0. The van der Waals surface area contributed by atoms with Gasteiger partial charge in [-0.2, -0.15) is 0 Å². The van der Waals surface area contributed by atoms with Crippen LogP contribution in [0.1, 0.15) is 18.9 Å². The number of hydrogen-bond donors (Lipinski definition) is 1. The van der Waals surface area contributed by atoms with Gasteiger partial charge < -0.3 is 10.6 Å². The number of nitrogen functional groups attached to an aromatic ring is 1. The van der Waals surface area contributed by atoms with E-state index in [1.165, 1.54) is 5.56 Å². The summed E-state index contributed by atoms with van der Waals surface area (Å²) in [5.74, 6) is 0.945. The van der Waals surface area contributed by atoms with Crippen molar-refractivity contribution in [1.82, 2.24) is 4.98 Å². The van der Waals surface area contributed by atoms with Gasteiger partial charge in [0, 0.05) is 31.0 Å². The van der Waals surface area contributed by atoms with Gasteiger partial charge in [0.25, 0.3) is 0 Å². The molecular formula is C15H19N3. The molecular weight excluding hydrogens is 222 g/mol. The fraction of sp³-hybridized carbons (Fsp3) is 0.267. The van der Waals surface area contributed by atoms with Crippen molar-refractivity contribution in [3.8, 4) is 0 Å². The molecule has 0 atom stereocenters. The van der Waals surface area contributed by atoms with Crippen LogP contribution >= 0.6 is 0 Å². The van der Waals surface area contributed by atoms with E-state index >= 15 is 0 Å². The maximum atomic E-state index is 5.82. The number of aromatic nitrogens is 1. The molecule has 0 amide bonds. The summed E-state index contributed by atoms with van der Waals surface area (Å²) in [6, 6.07) is 14.2. The van der Waals surface area contributed by atoms with E-state index in [0.717, 1.165) is 31.0 Å². The van der Waals surface area contributed by atoms with Crippen LogP contribution in [0, 0.1) is 0 Å². The minimum absolute atomic E-state index is 0.758. The lowest BCUT2D eigenvalue weighted by Gasteiger charge is -2.23. The van der Waals surface area contributed by atoms with Gasteiger partial charge in [-0.15, -0.1) is 0 Å². The molecule has 1 aromatic heterocycles. The first-order chi connectivity index (χ1) is 8.79. The molecule has 18 heavy (non-hydrogen) atoms. The third-order valence-electron chi connectivity index (χ3n) is 2.80. The van der Waals surface area contributed by atoms with Crippen LogP contribution in [0.5, 0.6) is 0 Å². The molecule has 0 radical (unpaired) electrons. The van der Waals surface area contributed by atoms with Crippen molar-refractivity contribution in [3.63, 3.8) is 0 Å². The van der Waals surface area contributed by atoms with Crippen molar-refractivity contribution in [1.29, 1.82) is 0 Å². The average molecular weight is 241 g/mol. The maximum Gasteiger partial charge on any atom is 0.130 e. The van der Waals surface area contributed by atoms with E-state index in [2.05, 4.69) is 41.1 Å². The van der Waals surface area contributed by atoms with Gasteiger partial charge in [0.1, 0.15) is 5.82 Å². The quantitative estimate of drug-likeness (QED) is 0.874. The summed E-state index contributed by atoms with van der Waals surface area (Å²) < 4.78 is 0. The average Bonchev–Trinajstić information content (AvgIpc) is 2.39. The monoisotopic (exact) mass is 241 g/mol. The molecule has 1 aromatic carbocycles. The van der Waals surface area contributed by atoms with Crippen LogP contribution in [0.3, 0.4) is 0 Å². The first-order valence-electron chi connectivity index (χ1n) is 6.30. The van der Waals surface area contributed by atoms with Gasteiger partial charge in [-0.25, -0.2) is 4.98 Å². The number of benzene rings is 1. The van der Waals surface area contributed by atoms with E-state index in [9.17, 15) is 0 Å². The lowest BCUT2D eigenvalue weighted by Crippen LogP contribution is -2.24. The first-order valence-corrected chi connectivity index (χ1v) is 6.30. The second kappa shape index (κ2) is 6.05. The van der Waals surface area contributed by atoms with Gasteiger partial charge in [-0.3, -0.25) is 0 Å². The van der Waals surface area contributed by atoms with Crippen molar-refractivity contribution in [3.05, 3.63) is 54.2 Å². The Morgan fingerprint density at radius 2 is 1.94 bits per heavy atom. The minimum atomic E-state index is 0.758. The van der Waals surface area contributed by atoms with Crippen LogP contribution in [0.2, 0.25) is 0 Å². The molecule has 2 N–H and O–H groups in total. The zero-order valence-electron chi connectivity index (χ0n) is 10.7. The summed E-state index contributed by atoms with van der Waals surface area (Å²) in [5.41, 5.74) is 7.86. The molecule has 0 aliphatic carbocycles. The molecule has 0 aliphatic heterocycles. The molecule has 0 bridgehead atoms. The molecule has 0 aliphatic rings. The van der Waals surface area contributed by atoms with Gasteiger partial charge >= 0.3 is 0 Å². The molecule has 0 unspecified atom stereocenters. The second-order valence-corrected chi connectivity index (χ2v) is 4.35. The van der Waals surface area contributed by atoms with E-state index in [1.54, 1.807) is 6.20 Å². The fourth-order valence-electron chi connectivity index (χ4n) is 1.96. The van der Waals surface area contributed by atoms with Gasteiger partial charge in [0.15, 0.2) is 0 Å². The highest BCUT2D eigenvalue weighted by atomic mass is 15.2. The highest BCUT2D eigenvalue weighted by Gasteiger charge is 2.07. The predicted molar refractivity (Wildman–Crippen MR) is 76.4 cm³/mol. The Balaban J connectivity index is 2.18. The number of pyridine rings is 1. The van der Waals surface area contributed by atoms with E-state index in [0.29, 0.717) is 0 Å². The minimum Gasteiger partial charge on any atom is -0.399 e. The standard InChI is InChI=1S/C15H19N3/c1-2-10-18(12-13-6-4-3-5-7-13)15-11-14(16)8-9-17-15/h3-9,11H,2,10,12H2,1H3,(H2,16,17). The van der Waals surface area contributed by atoms with E-state index in [1.807, 2.05) is 18.2 Å². The highest BCUT2D eigenvalue weighted by molar-refractivity contribution is 5.50. The molecule has 0 saturated heterocycles. The smallest absolute Gasteiger partial charge is 0.130 e. The molecule has 0 saturated carbocycles. The Hall–Kier alpha value is -2.03. The molecule has 0 fully saturated rings. The Morgan fingerprint density at radius 3 is 2.61 bits per heavy atom. The van der Waals surface area contributed by atoms with Crippen LogP contribution in [-0.4, -0.2) is 11.5 Å². The molecule has 2 aromatic rings. The molecule has 2 rings (SSSR count). The number of nitrogens with zero attached hydrogens (tertiary/aromatic N) is 2. The Labute approximate surface area is 108 Å². The van der Waals surface area contributed by atoms with Gasteiger partial charge in [-0.1, -0.05) is 37.3 Å². The summed E-state index contributed by atoms with van der Waals surface area (Å²) >= 11 is 0. The number of hydrogen-bond acceptors (Lipinski definition) is 3. The maximum absolute atomic E-state index is 5.82. The normalized spacial score (nSPS) is 10.3. The second-order valence-electron chi connectivity index (χ2n) is 4.35. The molecule has 3 nitrogen and oxygen atoms in total. The van der Waals surface area contributed by atoms with Crippen molar-refractivity contribution in [2.24, 2.45) is 0 Å². The highest BCUT2D eigenvalue weighted by Crippen LogP contribution is 2.17. The Morgan fingerprint density at radius 1 is 1.17 bits per heavy atom. The van der Waals surface area contributed by atoms with E-state index in [-0.39, 0.29) is 0 Å². The molecule has 1 heterocycles. The number of nitrogens with two attached hydrogens (primary N) is 1. The third-order valence-corrected chi connectivity index (χ3v) is 2.80. The summed E-state index contributed by atoms with van der Waals surface area (Å²) in [5, 5.41) is 0.